The first-order chi connectivity index (χ1) is 13.0. The first-order valence-corrected chi connectivity index (χ1v) is 23.4. The first kappa shape index (κ1) is 29.2. The fourth-order valence-electron chi connectivity index (χ4n) is 3.93. The summed E-state index contributed by atoms with van der Waals surface area (Å²) in [5, 5.41) is 10.1. The maximum Gasteiger partial charge on any atom is 0.330 e. The summed E-state index contributed by atoms with van der Waals surface area (Å²) < 4.78 is 19.6. The molecular weight excluding hydrogens is 433 g/mol. The van der Waals surface area contributed by atoms with Gasteiger partial charge in [0.2, 0.25) is 0 Å². The third-order valence-electron chi connectivity index (χ3n) is 4.54. The molecule has 1 N–H and O–H groups in total. The molecule has 29 heavy (non-hydrogen) atoms. The zero-order valence-electron chi connectivity index (χ0n) is 20.8. The van der Waals surface area contributed by atoms with Crippen LogP contribution in [0.5, 0.6) is 0 Å². The van der Waals surface area contributed by atoms with Crippen molar-refractivity contribution in [3.05, 3.63) is 0 Å². The molecule has 0 amide bonds. The topological polar surface area (TPSA) is 65.0 Å². The Morgan fingerprint density at radius 1 is 0.724 bits per heavy atom. The van der Waals surface area contributed by atoms with Crippen LogP contribution in [0.2, 0.25) is 64.5 Å². The van der Waals surface area contributed by atoms with Crippen molar-refractivity contribution in [1.82, 2.24) is 0 Å². The van der Waals surface area contributed by atoms with Gasteiger partial charge in [-0.15, -0.1) is 0 Å². The number of aliphatic carboxylic acids is 1. The van der Waals surface area contributed by atoms with E-state index in [1.165, 1.54) is 32.1 Å². The number of unbranched alkanes of at least 4 members (excludes halogenated alkanes) is 6. The van der Waals surface area contributed by atoms with Crippen LogP contribution in [0, 0.1) is 0 Å². The zero-order chi connectivity index (χ0) is 22.9. The third-order valence-corrected chi connectivity index (χ3v) is 18.4. The molecule has 0 aliphatic heterocycles. The van der Waals surface area contributed by atoms with Crippen LogP contribution in [-0.2, 0) is 17.1 Å². The van der Waals surface area contributed by atoms with Crippen LogP contribution in [0.3, 0.4) is 0 Å². The molecule has 2 unspecified atom stereocenters. The second-order valence-electron chi connectivity index (χ2n) is 10.7. The van der Waals surface area contributed by atoms with Crippen molar-refractivity contribution in [2.45, 2.75) is 123 Å². The van der Waals surface area contributed by atoms with Crippen molar-refractivity contribution < 1.29 is 22.2 Å². The lowest BCUT2D eigenvalue weighted by Gasteiger charge is -2.43. The molecule has 0 bridgehead atoms. The first-order valence-electron chi connectivity index (χ1n) is 11.3. The van der Waals surface area contributed by atoms with Crippen LogP contribution < -0.4 is 0 Å². The minimum absolute atomic E-state index is 0.554. The van der Waals surface area contributed by atoms with Gasteiger partial charge in [-0.2, -0.15) is 0 Å². The Morgan fingerprint density at radius 3 is 1.59 bits per heavy atom. The molecular formula is C20H48O5Si4. The number of carbonyl (C=O) groups is 1. The quantitative estimate of drug-likeness (QED) is 0.189. The summed E-state index contributed by atoms with van der Waals surface area (Å²) in [5.74, 6) is -0.777. The summed E-state index contributed by atoms with van der Waals surface area (Å²) in [6.07, 6.45) is 8.87. The summed E-state index contributed by atoms with van der Waals surface area (Å²) in [5.41, 5.74) is -0.554. The average molecular weight is 481 g/mol. The lowest BCUT2D eigenvalue weighted by atomic mass is 10.1. The lowest BCUT2D eigenvalue weighted by Crippen LogP contribution is -2.60. The predicted octanol–water partition coefficient (Wildman–Crippen LogP) is 7.08. The Bertz CT molecular complexity index is 488. The fourth-order valence-corrected chi connectivity index (χ4v) is 22.0. The van der Waals surface area contributed by atoms with Crippen molar-refractivity contribution >= 4 is 39.7 Å². The van der Waals surface area contributed by atoms with Crippen LogP contribution in [0.25, 0.3) is 0 Å². The Labute approximate surface area is 184 Å². The summed E-state index contributed by atoms with van der Waals surface area (Å²) in [6.45, 7) is 21.1. The number of rotatable bonds is 16. The number of carboxylic acids is 1. The summed E-state index contributed by atoms with van der Waals surface area (Å²) >= 11 is 0. The van der Waals surface area contributed by atoms with Gasteiger partial charge in [0.25, 0.3) is 0 Å². The third kappa shape index (κ3) is 14.0. The second-order valence-corrected chi connectivity index (χ2v) is 27.2. The van der Waals surface area contributed by atoms with Gasteiger partial charge in [-0.05, 0) is 65.3 Å². The normalized spacial score (nSPS) is 16.5. The fraction of sp³-hybridized carbons (Fsp3) is 0.950. The predicted molar refractivity (Wildman–Crippen MR) is 133 cm³/mol. The Kier molecular flexibility index (Phi) is 12.4. The van der Waals surface area contributed by atoms with Gasteiger partial charge in [-0.25, -0.2) is 0 Å². The van der Waals surface area contributed by atoms with E-state index in [4.69, 9.17) is 12.3 Å². The van der Waals surface area contributed by atoms with Gasteiger partial charge in [0.1, 0.15) is 0 Å². The molecule has 2 atom stereocenters. The molecule has 5 nitrogen and oxygen atoms in total. The molecule has 0 saturated carbocycles. The van der Waals surface area contributed by atoms with Crippen molar-refractivity contribution in [2.24, 2.45) is 0 Å². The highest BCUT2D eigenvalue weighted by atomic mass is 28.5. The number of hydrogen-bond donors (Lipinski definition) is 1. The minimum atomic E-state index is -2.97. The Balaban J connectivity index is 5.29. The average Bonchev–Trinajstić information content (AvgIpc) is 2.43. The molecule has 0 radical (unpaired) electrons. The van der Waals surface area contributed by atoms with Crippen LogP contribution in [-0.4, -0.2) is 44.8 Å². The monoisotopic (exact) mass is 480 g/mol. The van der Waals surface area contributed by atoms with E-state index >= 15 is 0 Å². The van der Waals surface area contributed by atoms with Gasteiger partial charge < -0.3 is 17.5 Å². The van der Waals surface area contributed by atoms with E-state index in [2.05, 4.69) is 46.2 Å². The molecule has 0 aromatic rings. The summed E-state index contributed by atoms with van der Waals surface area (Å²) in [4.78, 5) is 12.3. The van der Waals surface area contributed by atoms with Crippen LogP contribution in [0.1, 0.15) is 58.3 Å². The van der Waals surface area contributed by atoms with Crippen molar-refractivity contribution in [3.8, 4) is 0 Å². The molecule has 0 heterocycles. The van der Waals surface area contributed by atoms with E-state index in [1.54, 1.807) is 0 Å². The van der Waals surface area contributed by atoms with E-state index in [0.29, 0.717) is 6.42 Å². The molecule has 0 aliphatic carbocycles. The summed E-state index contributed by atoms with van der Waals surface area (Å²) in [6, 6.07) is 0. The van der Waals surface area contributed by atoms with E-state index < -0.39 is 45.3 Å². The van der Waals surface area contributed by atoms with Crippen LogP contribution in [0.15, 0.2) is 0 Å². The highest BCUT2D eigenvalue weighted by Gasteiger charge is 2.52. The van der Waals surface area contributed by atoms with Gasteiger partial charge in [-0.3, -0.25) is 4.79 Å². The molecule has 0 aromatic carbocycles. The molecule has 0 aromatic heterocycles. The van der Waals surface area contributed by atoms with Gasteiger partial charge in [0.15, 0.2) is 16.6 Å². The largest absolute Gasteiger partial charge is 0.481 e. The van der Waals surface area contributed by atoms with E-state index in [-0.39, 0.29) is 0 Å². The van der Waals surface area contributed by atoms with Crippen LogP contribution >= 0.6 is 0 Å². The molecule has 0 spiro atoms. The van der Waals surface area contributed by atoms with E-state index in [1.807, 2.05) is 19.6 Å². The second kappa shape index (κ2) is 12.3. The van der Waals surface area contributed by atoms with Gasteiger partial charge in [0.05, 0.1) is 5.54 Å². The molecule has 0 fully saturated rings. The smallest absolute Gasteiger partial charge is 0.330 e. The van der Waals surface area contributed by atoms with E-state index in [0.717, 1.165) is 12.8 Å². The summed E-state index contributed by atoms with van der Waals surface area (Å²) in [7, 11) is -9.24. The van der Waals surface area contributed by atoms with Crippen molar-refractivity contribution in [3.63, 3.8) is 0 Å². The minimum Gasteiger partial charge on any atom is -0.481 e. The molecule has 174 valence electrons. The van der Waals surface area contributed by atoms with Gasteiger partial charge in [0, 0.05) is 0 Å². The molecule has 0 rings (SSSR count). The van der Waals surface area contributed by atoms with Gasteiger partial charge >= 0.3 is 23.1 Å². The number of hydrogen-bond acceptors (Lipinski definition) is 4. The standard InChI is InChI=1S/C20H48O5Si4/c1-11-12-13-14-15-16-17-18-19(20(21)22)29(10,24-27(5,6)7)25-28(8,9)23-26(2,3)4/h19H,11-18H2,1-10H3,(H,21,22). The highest BCUT2D eigenvalue weighted by molar-refractivity contribution is 6.90. The zero-order valence-corrected chi connectivity index (χ0v) is 24.8. The van der Waals surface area contributed by atoms with Crippen LogP contribution in [0.4, 0.5) is 0 Å². The van der Waals surface area contributed by atoms with Crippen molar-refractivity contribution in [1.29, 1.82) is 0 Å². The maximum absolute atomic E-state index is 12.3. The number of carboxylic acid groups (broad SMARTS) is 1. The Morgan fingerprint density at radius 2 is 1.17 bits per heavy atom. The van der Waals surface area contributed by atoms with E-state index in [9.17, 15) is 9.90 Å². The van der Waals surface area contributed by atoms with Crippen molar-refractivity contribution in [2.75, 3.05) is 0 Å². The molecule has 9 heteroatoms. The molecule has 0 aliphatic rings. The molecule has 0 saturated heterocycles. The Hall–Kier alpha value is 0.218. The SMILES string of the molecule is CCCCCCCCCC(C(=O)O)[Si](C)(O[Si](C)(C)C)O[Si](C)(C)O[Si](C)(C)C. The van der Waals surface area contributed by atoms with Gasteiger partial charge in [-0.1, -0.05) is 51.9 Å². The lowest BCUT2D eigenvalue weighted by molar-refractivity contribution is -0.137. The maximum atomic E-state index is 12.3. The highest BCUT2D eigenvalue weighted by Crippen LogP contribution is 2.36.